The number of nitrogens with zero attached hydrogens (tertiary/aromatic N) is 7. The molecule has 2 aliphatic rings. The summed E-state index contributed by atoms with van der Waals surface area (Å²) in [5.74, 6) is 3.79. The molecule has 0 saturated carbocycles. The zero-order valence-electron chi connectivity index (χ0n) is 15.0. The largest absolute Gasteiger partial charge is 0.356 e. The topological polar surface area (TPSA) is 61.3 Å². The van der Waals surface area contributed by atoms with E-state index in [9.17, 15) is 0 Å². The predicted molar refractivity (Wildman–Crippen MR) is 99.4 cm³/mol. The van der Waals surface area contributed by atoms with Crippen LogP contribution < -0.4 is 14.7 Å². The van der Waals surface area contributed by atoms with Gasteiger partial charge in [-0.15, -0.1) is 0 Å². The quantitative estimate of drug-likeness (QED) is 0.845. The Hall–Kier alpha value is -2.44. The van der Waals surface area contributed by atoms with Gasteiger partial charge in [0.1, 0.15) is 17.5 Å². The Morgan fingerprint density at radius 1 is 0.720 bits per heavy atom. The van der Waals surface area contributed by atoms with Gasteiger partial charge in [-0.3, -0.25) is 0 Å². The molecule has 0 unspecified atom stereocenters. The summed E-state index contributed by atoms with van der Waals surface area (Å²) < 4.78 is 0. The lowest BCUT2D eigenvalue weighted by Crippen LogP contribution is -2.47. The molecule has 7 heteroatoms. The zero-order chi connectivity index (χ0) is 17.2. The van der Waals surface area contributed by atoms with Gasteiger partial charge in [0.05, 0.1) is 0 Å². The van der Waals surface area contributed by atoms with Crippen LogP contribution in [0.2, 0.25) is 0 Å². The summed E-state index contributed by atoms with van der Waals surface area (Å²) in [6.07, 6.45) is 6.27. The van der Waals surface area contributed by atoms with Crippen molar-refractivity contribution in [2.75, 3.05) is 54.0 Å². The van der Waals surface area contributed by atoms with Crippen LogP contribution in [0, 0.1) is 13.8 Å². The smallest absolute Gasteiger partial charge is 0.225 e. The summed E-state index contributed by atoms with van der Waals surface area (Å²) in [5.41, 5.74) is 1.09. The summed E-state index contributed by atoms with van der Waals surface area (Å²) in [6, 6.07) is 2.15. The van der Waals surface area contributed by atoms with Crippen molar-refractivity contribution in [2.45, 2.75) is 26.7 Å². The molecule has 25 heavy (non-hydrogen) atoms. The number of hydrogen-bond donors (Lipinski definition) is 0. The fourth-order valence-corrected chi connectivity index (χ4v) is 3.49. The lowest BCUT2D eigenvalue weighted by Gasteiger charge is -2.35. The Morgan fingerprint density at radius 2 is 1.24 bits per heavy atom. The summed E-state index contributed by atoms with van der Waals surface area (Å²) in [5, 5.41) is 0. The second-order valence-electron chi connectivity index (χ2n) is 6.86. The van der Waals surface area contributed by atoms with E-state index in [2.05, 4.69) is 40.7 Å². The summed E-state index contributed by atoms with van der Waals surface area (Å²) in [6.45, 7) is 9.87. The van der Waals surface area contributed by atoms with Gasteiger partial charge in [0.15, 0.2) is 0 Å². The van der Waals surface area contributed by atoms with Gasteiger partial charge in [-0.1, -0.05) is 0 Å². The SMILES string of the molecule is Cc1cnc(N2CCN(c3cc(N4CCCC4)nc(C)n3)CC2)nc1. The fourth-order valence-electron chi connectivity index (χ4n) is 3.49. The summed E-state index contributed by atoms with van der Waals surface area (Å²) in [4.78, 5) is 25.2. The highest BCUT2D eigenvalue weighted by Gasteiger charge is 2.22. The molecule has 0 radical (unpaired) electrons. The number of anilines is 3. The third-order valence-corrected chi connectivity index (χ3v) is 4.89. The molecular weight excluding hydrogens is 314 g/mol. The fraction of sp³-hybridized carbons (Fsp3) is 0.556. The van der Waals surface area contributed by atoms with Crippen molar-refractivity contribution in [3.05, 3.63) is 29.8 Å². The Bertz CT molecular complexity index is 717. The molecule has 7 nitrogen and oxygen atoms in total. The van der Waals surface area contributed by atoms with Crippen molar-refractivity contribution in [1.82, 2.24) is 19.9 Å². The van der Waals surface area contributed by atoms with Crippen molar-refractivity contribution in [3.8, 4) is 0 Å². The third kappa shape index (κ3) is 3.50. The number of aromatic nitrogens is 4. The molecule has 2 aliphatic heterocycles. The van der Waals surface area contributed by atoms with Crippen LogP contribution in [0.3, 0.4) is 0 Å². The average Bonchev–Trinajstić information content (AvgIpc) is 3.17. The Morgan fingerprint density at radius 3 is 1.84 bits per heavy atom. The van der Waals surface area contributed by atoms with Crippen LogP contribution in [-0.2, 0) is 0 Å². The van der Waals surface area contributed by atoms with Gasteiger partial charge in [-0.25, -0.2) is 19.9 Å². The van der Waals surface area contributed by atoms with E-state index < -0.39 is 0 Å². The van der Waals surface area contributed by atoms with Crippen LogP contribution in [0.25, 0.3) is 0 Å². The second kappa shape index (κ2) is 6.82. The van der Waals surface area contributed by atoms with E-state index >= 15 is 0 Å². The molecule has 132 valence electrons. The standard InChI is InChI=1S/C18H25N7/c1-14-12-19-18(20-13-14)25-9-7-24(8-10-25)17-11-16(21-15(2)22-17)23-5-3-4-6-23/h11-13H,3-10H2,1-2H3. The normalized spacial score (nSPS) is 18.1. The van der Waals surface area contributed by atoms with Crippen molar-refractivity contribution >= 4 is 17.6 Å². The Kier molecular flexibility index (Phi) is 4.38. The molecule has 0 aromatic carbocycles. The lowest BCUT2D eigenvalue weighted by molar-refractivity contribution is 0.632. The van der Waals surface area contributed by atoms with Crippen molar-refractivity contribution in [1.29, 1.82) is 0 Å². The van der Waals surface area contributed by atoms with Crippen LogP contribution in [-0.4, -0.2) is 59.2 Å². The van der Waals surface area contributed by atoms with E-state index in [1.165, 1.54) is 12.8 Å². The van der Waals surface area contributed by atoms with Crippen molar-refractivity contribution in [2.24, 2.45) is 0 Å². The molecule has 0 bridgehead atoms. The molecular formula is C18H25N7. The van der Waals surface area contributed by atoms with E-state index in [-0.39, 0.29) is 0 Å². The van der Waals surface area contributed by atoms with Gasteiger partial charge in [0.2, 0.25) is 5.95 Å². The monoisotopic (exact) mass is 339 g/mol. The van der Waals surface area contributed by atoms with E-state index in [0.717, 1.165) is 68.2 Å². The first-order chi connectivity index (χ1) is 12.2. The zero-order valence-corrected chi connectivity index (χ0v) is 15.0. The molecule has 0 N–H and O–H groups in total. The number of piperazine rings is 1. The molecule has 2 fully saturated rings. The third-order valence-electron chi connectivity index (χ3n) is 4.89. The maximum absolute atomic E-state index is 4.68. The highest BCUT2D eigenvalue weighted by Crippen LogP contribution is 2.23. The molecule has 0 aliphatic carbocycles. The molecule has 2 aromatic rings. The van der Waals surface area contributed by atoms with E-state index in [1.54, 1.807) is 0 Å². The minimum Gasteiger partial charge on any atom is -0.356 e. The van der Waals surface area contributed by atoms with Crippen LogP contribution in [0.1, 0.15) is 24.2 Å². The van der Waals surface area contributed by atoms with Crippen molar-refractivity contribution < 1.29 is 0 Å². The molecule has 0 spiro atoms. The van der Waals surface area contributed by atoms with Crippen LogP contribution >= 0.6 is 0 Å². The first-order valence-corrected chi connectivity index (χ1v) is 9.08. The molecule has 4 rings (SSSR count). The minimum absolute atomic E-state index is 0.821. The molecule has 2 aromatic heterocycles. The Balaban J connectivity index is 1.46. The molecule has 0 atom stereocenters. The van der Waals surface area contributed by atoms with E-state index in [1.807, 2.05) is 26.2 Å². The van der Waals surface area contributed by atoms with Gasteiger partial charge < -0.3 is 14.7 Å². The molecule has 0 amide bonds. The van der Waals surface area contributed by atoms with Gasteiger partial charge >= 0.3 is 0 Å². The minimum atomic E-state index is 0.821. The molecule has 4 heterocycles. The van der Waals surface area contributed by atoms with Crippen LogP contribution in [0.15, 0.2) is 18.5 Å². The number of hydrogen-bond acceptors (Lipinski definition) is 7. The first kappa shape index (κ1) is 16.1. The maximum atomic E-state index is 4.68. The van der Waals surface area contributed by atoms with Gasteiger partial charge in [0.25, 0.3) is 0 Å². The number of rotatable bonds is 3. The van der Waals surface area contributed by atoms with Crippen LogP contribution in [0.5, 0.6) is 0 Å². The Labute approximate surface area is 148 Å². The summed E-state index contributed by atoms with van der Waals surface area (Å²) in [7, 11) is 0. The van der Waals surface area contributed by atoms with Gasteiger partial charge in [-0.2, -0.15) is 0 Å². The predicted octanol–water partition coefficient (Wildman–Crippen LogP) is 1.81. The molecule has 2 saturated heterocycles. The summed E-state index contributed by atoms with van der Waals surface area (Å²) >= 11 is 0. The highest BCUT2D eigenvalue weighted by atomic mass is 15.3. The average molecular weight is 339 g/mol. The lowest BCUT2D eigenvalue weighted by atomic mass is 10.3. The van der Waals surface area contributed by atoms with Crippen molar-refractivity contribution in [3.63, 3.8) is 0 Å². The number of aryl methyl sites for hydroxylation is 2. The highest BCUT2D eigenvalue weighted by molar-refractivity contribution is 5.52. The van der Waals surface area contributed by atoms with E-state index in [0.29, 0.717) is 0 Å². The van der Waals surface area contributed by atoms with Gasteiger partial charge in [-0.05, 0) is 32.3 Å². The van der Waals surface area contributed by atoms with E-state index in [4.69, 9.17) is 0 Å². The maximum Gasteiger partial charge on any atom is 0.225 e. The van der Waals surface area contributed by atoms with Gasteiger partial charge in [0, 0.05) is 57.7 Å². The first-order valence-electron chi connectivity index (χ1n) is 9.08. The van der Waals surface area contributed by atoms with Crippen LogP contribution in [0.4, 0.5) is 17.6 Å². The second-order valence-corrected chi connectivity index (χ2v) is 6.86.